The molecule has 0 saturated carbocycles. The van der Waals surface area contributed by atoms with Gasteiger partial charge in [-0.2, -0.15) is 5.10 Å². The van der Waals surface area contributed by atoms with Crippen LogP contribution in [0.25, 0.3) is 0 Å². The zero-order valence-electron chi connectivity index (χ0n) is 13.0. The Balaban J connectivity index is 0.00000220. The molecule has 21 heavy (non-hydrogen) atoms. The van der Waals surface area contributed by atoms with E-state index in [9.17, 15) is 8.42 Å². The summed E-state index contributed by atoms with van der Waals surface area (Å²) in [6, 6.07) is 0.156. The fraction of sp³-hybridized carbons (Fsp3) is 0.769. The molecule has 0 bridgehead atoms. The average Bonchev–Trinajstić information content (AvgIpc) is 2.69. The minimum Gasteiger partial charge on any atom is -0.312 e. The predicted molar refractivity (Wildman–Crippen MR) is 85.2 cm³/mol. The molecule has 1 aromatic rings. The topological polar surface area (TPSA) is 76.0 Å². The van der Waals surface area contributed by atoms with E-state index in [0.29, 0.717) is 12.2 Å². The number of hydrogen-bond donors (Lipinski definition) is 2. The van der Waals surface area contributed by atoms with Crippen LogP contribution in [0.15, 0.2) is 11.1 Å². The van der Waals surface area contributed by atoms with Crippen LogP contribution in [0.3, 0.4) is 0 Å². The first-order valence-corrected chi connectivity index (χ1v) is 8.44. The SMILES string of the molecule is Cc1c(S(=O)(=O)NCC2NCCCC2(C)C)cnn1C.Cl. The summed E-state index contributed by atoms with van der Waals surface area (Å²) >= 11 is 0. The predicted octanol–water partition coefficient (Wildman–Crippen LogP) is 1.21. The van der Waals surface area contributed by atoms with E-state index in [4.69, 9.17) is 0 Å². The first-order valence-electron chi connectivity index (χ1n) is 6.96. The van der Waals surface area contributed by atoms with Crippen LogP contribution in [-0.4, -0.2) is 37.3 Å². The fourth-order valence-corrected chi connectivity index (χ4v) is 3.88. The minimum absolute atomic E-state index is 0. The Kier molecular flexibility index (Phi) is 5.83. The van der Waals surface area contributed by atoms with E-state index in [-0.39, 0.29) is 28.8 Å². The lowest BCUT2D eigenvalue weighted by atomic mass is 9.78. The van der Waals surface area contributed by atoms with Crippen molar-refractivity contribution in [1.82, 2.24) is 19.8 Å². The lowest BCUT2D eigenvalue weighted by Crippen LogP contribution is -2.52. The van der Waals surface area contributed by atoms with Crippen LogP contribution < -0.4 is 10.0 Å². The van der Waals surface area contributed by atoms with Gasteiger partial charge in [0.1, 0.15) is 4.90 Å². The molecule has 0 amide bonds. The van der Waals surface area contributed by atoms with Crippen molar-refractivity contribution in [1.29, 1.82) is 0 Å². The van der Waals surface area contributed by atoms with Gasteiger partial charge in [0.15, 0.2) is 0 Å². The molecule has 1 saturated heterocycles. The lowest BCUT2D eigenvalue weighted by molar-refractivity contribution is 0.181. The maximum absolute atomic E-state index is 12.3. The summed E-state index contributed by atoms with van der Waals surface area (Å²) in [6.45, 7) is 7.46. The Morgan fingerprint density at radius 1 is 1.52 bits per heavy atom. The fourth-order valence-electron chi connectivity index (χ4n) is 2.63. The third kappa shape index (κ3) is 3.97. The van der Waals surface area contributed by atoms with Gasteiger partial charge in [-0.3, -0.25) is 4.68 Å². The summed E-state index contributed by atoms with van der Waals surface area (Å²) in [5, 5.41) is 7.39. The number of aryl methyl sites for hydroxylation is 1. The van der Waals surface area contributed by atoms with Crippen molar-refractivity contribution >= 4 is 22.4 Å². The molecule has 0 aliphatic carbocycles. The van der Waals surface area contributed by atoms with Gasteiger partial charge in [0, 0.05) is 19.6 Å². The monoisotopic (exact) mass is 336 g/mol. The smallest absolute Gasteiger partial charge is 0.244 e. The van der Waals surface area contributed by atoms with Crippen LogP contribution in [0.4, 0.5) is 0 Å². The van der Waals surface area contributed by atoms with Crippen molar-refractivity contribution in [2.45, 2.75) is 44.6 Å². The van der Waals surface area contributed by atoms with Crippen molar-refractivity contribution < 1.29 is 8.42 Å². The van der Waals surface area contributed by atoms with Gasteiger partial charge in [0.25, 0.3) is 0 Å². The summed E-state index contributed by atoms with van der Waals surface area (Å²) in [5.74, 6) is 0. The molecule has 1 aliphatic rings. The van der Waals surface area contributed by atoms with E-state index in [2.05, 4.69) is 29.0 Å². The number of aromatic nitrogens is 2. The second kappa shape index (κ2) is 6.64. The van der Waals surface area contributed by atoms with Gasteiger partial charge in [-0.15, -0.1) is 12.4 Å². The maximum atomic E-state index is 12.3. The molecule has 0 aromatic carbocycles. The van der Waals surface area contributed by atoms with E-state index in [1.54, 1.807) is 18.7 Å². The van der Waals surface area contributed by atoms with Gasteiger partial charge in [-0.1, -0.05) is 13.8 Å². The number of halogens is 1. The number of sulfonamides is 1. The molecular weight excluding hydrogens is 312 g/mol. The summed E-state index contributed by atoms with van der Waals surface area (Å²) in [6.07, 6.45) is 3.65. The van der Waals surface area contributed by atoms with Crippen LogP contribution in [0.5, 0.6) is 0 Å². The molecule has 0 spiro atoms. The van der Waals surface area contributed by atoms with Gasteiger partial charge in [-0.05, 0) is 31.7 Å². The Hall–Kier alpha value is -0.630. The molecule has 1 atom stereocenters. The lowest BCUT2D eigenvalue weighted by Gasteiger charge is -2.39. The first-order chi connectivity index (χ1) is 9.24. The van der Waals surface area contributed by atoms with E-state index in [1.807, 2.05) is 0 Å². The summed E-state index contributed by atoms with van der Waals surface area (Å²) in [7, 11) is -1.76. The minimum atomic E-state index is -3.49. The highest BCUT2D eigenvalue weighted by Crippen LogP contribution is 2.29. The second-order valence-corrected chi connectivity index (χ2v) is 7.90. The van der Waals surface area contributed by atoms with Gasteiger partial charge in [0.2, 0.25) is 10.0 Å². The molecule has 2 heterocycles. The molecule has 1 aliphatic heterocycles. The summed E-state index contributed by atoms with van der Waals surface area (Å²) < 4.78 is 28.9. The molecule has 0 radical (unpaired) electrons. The van der Waals surface area contributed by atoms with Crippen LogP contribution >= 0.6 is 12.4 Å². The molecule has 1 unspecified atom stereocenters. The average molecular weight is 337 g/mol. The van der Waals surface area contributed by atoms with Crippen LogP contribution in [0.1, 0.15) is 32.4 Å². The number of nitrogens with one attached hydrogen (secondary N) is 2. The molecule has 6 nitrogen and oxygen atoms in total. The van der Waals surface area contributed by atoms with Crippen molar-refractivity contribution in [2.75, 3.05) is 13.1 Å². The quantitative estimate of drug-likeness (QED) is 0.866. The van der Waals surface area contributed by atoms with Gasteiger partial charge >= 0.3 is 0 Å². The Bertz CT molecular complexity index is 583. The number of hydrogen-bond acceptors (Lipinski definition) is 4. The molecule has 8 heteroatoms. The van der Waals surface area contributed by atoms with Crippen molar-refractivity contribution in [3.63, 3.8) is 0 Å². The second-order valence-electron chi connectivity index (χ2n) is 6.17. The number of rotatable bonds is 4. The van der Waals surface area contributed by atoms with Gasteiger partial charge in [-0.25, -0.2) is 13.1 Å². The van der Waals surface area contributed by atoms with Crippen LogP contribution in [0.2, 0.25) is 0 Å². The number of piperidine rings is 1. The first kappa shape index (κ1) is 18.4. The highest BCUT2D eigenvalue weighted by molar-refractivity contribution is 7.89. The Morgan fingerprint density at radius 2 is 2.19 bits per heavy atom. The number of nitrogens with zero attached hydrogens (tertiary/aromatic N) is 2. The Morgan fingerprint density at radius 3 is 2.71 bits per heavy atom. The molecule has 1 aromatic heterocycles. The van der Waals surface area contributed by atoms with Gasteiger partial charge < -0.3 is 5.32 Å². The summed E-state index contributed by atoms with van der Waals surface area (Å²) in [5.41, 5.74) is 0.749. The molecular formula is C13H25ClN4O2S. The van der Waals surface area contributed by atoms with Crippen LogP contribution in [-0.2, 0) is 17.1 Å². The van der Waals surface area contributed by atoms with Crippen molar-refractivity contribution in [3.8, 4) is 0 Å². The highest BCUT2D eigenvalue weighted by atomic mass is 35.5. The van der Waals surface area contributed by atoms with Crippen molar-refractivity contribution in [3.05, 3.63) is 11.9 Å². The largest absolute Gasteiger partial charge is 0.312 e. The molecule has 2 rings (SSSR count). The normalized spacial score (nSPS) is 21.8. The Labute approximate surface area is 133 Å². The van der Waals surface area contributed by atoms with E-state index in [0.717, 1.165) is 19.4 Å². The zero-order chi connectivity index (χ0) is 15.0. The third-order valence-electron chi connectivity index (χ3n) is 4.29. The van der Waals surface area contributed by atoms with Crippen LogP contribution in [0, 0.1) is 12.3 Å². The van der Waals surface area contributed by atoms with Gasteiger partial charge in [0.05, 0.1) is 11.9 Å². The van der Waals surface area contributed by atoms with E-state index in [1.165, 1.54) is 6.20 Å². The zero-order valence-corrected chi connectivity index (χ0v) is 14.6. The third-order valence-corrected chi connectivity index (χ3v) is 5.82. The van der Waals surface area contributed by atoms with E-state index >= 15 is 0 Å². The highest BCUT2D eigenvalue weighted by Gasteiger charge is 2.33. The molecule has 2 N–H and O–H groups in total. The van der Waals surface area contributed by atoms with E-state index < -0.39 is 10.0 Å². The molecule has 122 valence electrons. The molecule has 1 fully saturated rings. The summed E-state index contributed by atoms with van der Waals surface area (Å²) in [4.78, 5) is 0.258. The van der Waals surface area contributed by atoms with Crippen molar-refractivity contribution in [2.24, 2.45) is 12.5 Å². The standard InChI is InChI=1S/C13H24N4O2S.ClH/c1-10-11(8-15-17(10)4)20(18,19)16-9-12-13(2,3)6-5-7-14-12;/h8,12,14,16H,5-7,9H2,1-4H3;1H. The maximum Gasteiger partial charge on any atom is 0.244 e.